The predicted octanol–water partition coefficient (Wildman–Crippen LogP) is 3.93. The van der Waals surface area contributed by atoms with E-state index in [1.807, 2.05) is 41.3 Å². The quantitative estimate of drug-likeness (QED) is 0.322. The van der Waals surface area contributed by atoms with Crippen molar-refractivity contribution in [2.75, 3.05) is 37.6 Å². The maximum Gasteiger partial charge on any atom is 0.292 e. The first-order valence-electron chi connectivity index (χ1n) is 13.0. The number of nitrogens with one attached hydrogen (secondary N) is 2. The second kappa shape index (κ2) is 13.1. The number of nitrogens with zero attached hydrogens (tertiary/aromatic N) is 3. The standard InChI is InChI=1S/C29H30ClN5O4.ClH/c30-22-11-9-20(10-12-22)19-24(32-28(36)27-23-6-2-1-5-21(23)13-14-31-27)29(37)34-17-15-33(16-18-34)25-7-3-4-8-26(25)35(38)39;/h1-12,24,27,31H,13-19H2,(H,32,36);1H/t24-,27?;/m1./s1. The minimum absolute atomic E-state index is 0. The number of nitro benzene ring substituents is 1. The van der Waals surface area contributed by atoms with Gasteiger partial charge in [0.15, 0.2) is 0 Å². The molecule has 2 aliphatic heterocycles. The highest BCUT2D eigenvalue weighted by molar-refractivity contribution is 6.30. The Morgan fingerprint density at radius 1 is 1.00 bits per heavy atom. The van der Waals surface area contributed by atoms with Gasteiger partial charge in [0, 0.05) is 50.2 Å². The van der Waals surface area contributed by atoms with Gasteiger partial charge in [-0.15, -0.1) is 12.4 Å². The molecule has 210 valence electrons. The topological polar surface area (TPSA) is 108 Å². The van der Waals surface area contributed by atoms with Gasteiger partial charge in [0.25, 0.3) is 5.69 Å². The Morgan fingerprint density at radius 3 is 2.40 bits per heavy atom. The zero-order chi connectivity index (χ0) is 27.4. The third-order valence-corrected chi connectivity index (χ3v) is 7.60. The number of carbonyl (C=O) groups excluding carboxylic acids is 2. The number of anilines is 1. The molecule has 0 aromatic heterocycles. The molecule has 0 radical (unpaired) electrons. The summed E-state index contributed by atoms with van der Waals surface area (Å²) >= 11 is 6.06. The van der Waals surface area contributed by atoms with Crippen molar-refractivity contribution in [3.63, 3.8) is 0 Å². The van der Waals surface area contributed by atoms with Crippen LogP contribution >= 0.6 is 24.0 Å². The number of hydrogen-bond acceptors (Lipinski definition) is 6. The van der Waals surface area contributed by atoms with Crippen LogP contribution in [-0.4, -0.2) is 60.4 Å². The molecule has 1 fully saturated rings. The molecule has 40 heavy (non-hydrogen) atoms. The van der Waals surface area contributed by atoms with Crippen molar-refractivity contribution in [2.45, 2.75) is 24.9 Å². The lowest BCUT2D eigenvalue weighted by molar-refractivity contribution is -0.384. The molecule has 3 aromatic carbocycles. The first kappa shape index (κ1) is 29.3. The van der Waals surface area contributed by atoms with E-state index >= 15 is 0 Å². The average Bonchev–Trinajstić information content (AvgIpc) is 2.97. The minimum Gasteiger partial charge on any atom is -0.362 e. The Morgan fingerprint density at radius 2 is 1.68 bits per heavy atom. The highest BCUT2D eigenvalue weighted by Gasteiger charge is 2.33. The van der Waals surface area contributed by atoms with E-state index in [2.05, 4.69) is 10.6 Å². The van der Waals surface area contributed by atoms with E-state index in [9.17, 15) is 19.7 Å². The number of para-hydroxylation sites is 2. The molecule has 2 heterocycles. The number of carbonyl (C=O) groups is 2. The predicted molar refractivity (Wildman–Crippen MR) is 157 cm³/mol. The van der Waals surface area contributed by atoms with Crippen molar-refractivity contribution >= 4 is 47.2 Å². The molecule has 3 aromatic rings. The Labute approximate surface area is 244 Å². The lowest BCUT2D eigenvalue weighted by Gasteiger charge is -2.37. The van der Waals surface area contributed by atoms with Crippen LogP contribution in [0.15, 0.2) is 72.8 Å². The summed E-state index contributed by atoms with van der Waals surface area (Å²) in [6.45, 7) is 2.37. The number of hydrogen-bond donors (Lipinski definition) is 2. The fourth-order valence-electron chi connectivity index (χ4n) is 5.32. The van der Waals surface area contributed by atoms with E-state index in [1.165, 1.54) is 6.07 Å². The van der Waals surface area contributed by atoms with Crippen molar-refractivity contribution in [1.29, 1.82) is 0 Å². The molecule has 0 saturated carbocycles. The summed E-state index contributed by atoms with van der Waals surface area (Å²) in [6, 6.07) is 20.4. The van der Waals surface area contributed by atoms with Crippen LogP contribution in [0.25, 0.3) is 0 Å². The normalized spacial score (nSPS) is 17.3. The van der Waals surface area contributed by atoms with Crippen molar-refractivity contribution < 1.29 is 14.5 Å². The van der Waals surface area contributed by atoms with E-state index in [4.69, 9.17) is 11.6 Å². The summed E-state index contributed by atoms with van der Waals surface area (Å²) in [6.07, 6.45) is 1.16. The van der Waals surface area contributed by atoms with E-state index < -0.39 is 12.1 Å². The molecule has 2 amide bonds. The molecule has 2 N–H and O–H groups in total. The smallest absolute Gasteiger partial charge is 0.292 e. The van der Waals surface area contributed by atoms with Crippen molar-refractivity contribution in [3.05, 3.63) is 105 Å². The van der Waals surface area contributed by atoms with Gasteiger partial charge in [-0.3, -0.25) is 19.7 Å². The maximum atomic E-state index is 13.8. The first-order chi connectivity index (χ1) is 18.9. The summed E-state index contributed by atoms with van der Waals surface area (Å²) in [4.78, 5) is 42.1. The van der Waals surface area contributed by atoms with Gasteiger partial charge in [-0.1, -0.05) is 60.1 Å². The highest BCUT2D eigenvalue weighted by atomic mass is 35.5. The van der Waals surface area contributed by atoms with E-state index in [-0.39, 0.29) is 34.8 Å². The van der Waals surface area contributed by atoms with Crippen LogP contribution in [0.4, 0.5) is 11.4 Å². The maximum absolute atomic E-state index is 13.8. The largest absolute Gasteiger partial charge is 0.362 e. The molecular formula is C29H31Cl2N5O4. The average molecular weight is 585 g/mol. The van der Waals surface area contributed by atoms with Gasteiger partial charge in [-0.2, -0.15) is 0 Å². The van der Waals surface area contributed by atoms with Gasteiger partial charge in [-0.25, -0.2) is 0 Å². The Hall–Kier alpha value is -3.66. The molecule has 2 aliphatic rings. The molecule has 1 saturated heterocycles. The van der Waals surface area contributed by atoms with Crippen LogP contribution in [-0.2, 0) is 22.4 Å². The first-order valence-corrected chi connectivity index (χ1v) is 13.4. The summed E-state index contributed by atoms with van der Waals surface area (Å²) in [5.74, 6) is -0.419. The lowest BCUT2D eigenvalue weighted by atomic mass is 9.93. The van der Waals surface area contributed by atoms with Gasteiger partial charge in [0.2, 0.25) is 11.8 Å². The lowest BCUT2D eigenvalue weighted by Crippen LogP contribution is -2.57. The van der Waals surface area contributed by atoms with E-state index in [0.29, 0.717) is 49.9 Å². The summed E-state index contributed by atoms with van der Waals surface area (Å²) in [5, 5.41) is 18.4. The van der Waals surface area contributed by atoms with Gasteiger partial charge >= 0.3 is 0 Å². The van der Waals surface area contributed by atoms with Crippen LogP contribution < -0.4 is 15.5 Å². The van der Waals surface area contributed by atoms with E-state index in [1.54, 1.807) is 35.2 Å². The summed E-state index contributed by atoms with van der Waals surface area (Å²) < 4.78 is 0. The van der Waals surface area contributed by atoms with Gasteiger partial charge < -0.3 is 20.4 Å². The highest BCUT2D eigenvalue weighted by Crippen LogP contribution is 2.29. The van der Waals surface area contributed by atoms with Gasteiger partial charge in [0.1, 0.15) is 17.8 Å². The number of benzene rings is 3. The SMILES string of the molecule is Cl.O=C(N[C@H](Cc1ccc(Cl)cc1)C(=O)N1CCN(c2ccccc2[N+](=O)[O-])CC1)C1NCCc2ccccc21. The Kier molecular flexibility index (Phi) is 9.63. The van der Waals surface area contributed by atoms with Crippen LogP contribution in [0.5, 0.6) is 0 Å². The Bertz CT molecular complexity index is 1360. The third kappa shape index (κ3) is 6.55. The van der Waals surface area contributed by atoms with E-state index in [0.717, 1.165) is 23.1 Å². The van der Waals surface area contributed by atoms with Crippen molar-refractivity contribution in [1.82, 2.24) is 15.5 Å². The van der Waals surface area contributed by atoms with Crippen LogP contribution in [0.2, 0.25) is 5.02 Å². The number of piperazine rings is 1. The van der Waals surface area contributed by atoms with Crippen LogP contribution in [0.1, 0.15) is 22.7 Å². The van der Waals surface area contributed by atoms with Gasteiger partial charge in [-0.05, 0) is 41.3 Å². The summed E-state index contributed by atoms with van der Waals surface area (Å²) in [7, 11) is 0. The second-order valence-electron chi connectivity index (χ2n) is 9.79. The fraction of sp³-hybridized carbons (Fsp3) is 0.310. The molecule has 11 heteroatoms. The number of nitro groups is 1. The molecule has 0 spiro atoms. The van der Waals surface area contributed by atoms with Crippen LogP contribution in [0, 0.1) is 10.1 Å². The van der Waals surface area contributed by atoms with Crippen molar-refractivity contribution in [3.8, 4) is 0 Å². The number of amides is 2. The monoisotopic (exact) mass is 583 g/mol. The number of rotatable bonds is 7. The second-order valence-corrected chi connectivity index (χ2v) is 10.2. The molecule has 0 bridgehead atoms. The molecule has 0 aliphatic carbocycles. The Balaban J connectivity index is 0.00000370. The number of halogens is 2. The van der Waals surface area contributed by atoms with Gasteiger partial charge in [0.05, 0.1) is 4.92 Å². The molecule has 2 atom stereocenters. The zero-order valence-corrected chi connectivity index (χ0v) is 23.4. The van der Waals surface area contributed by atoms with Crippen molar-refractivity contribution in [2.24, 2.45) is 0 Å². The number of fused-ring (bicyclic) bond motifs is 1. The molecular weight excluding hydrogens is 553 g/mol. The molecule has 5 rings (SSSR count). The molecule has 1 unspecified atom stereocenters. The molecule has 9 nitrogen and oxygen atoms in total. The minimum atomic E-state index is -0.771. The van der Waals surface area contributed by atoms with Crippen LogP contribution in [0.3, 0.4) is 0 Å². The zero-order valence-electron chi connectivity index (χ0n) is 21.8. The third-order valence-electron chi connectivity index (χ3n) is 7.35. The fourth-order valence-corrected chi connectivity index (χ4v) is 5.45. The summed E-state index contributed by atoms with van der Waals surface area (Å²) in [5.41, 5.74) is 3.53.